The summed E-state index contributed by atoms with van der Waals surface area (Å²) >= 11 is 0. The number of aliphatic hydroxyl groups is 2. The van der Waals surface area contributed by atoms with Crippen molar-refractivity contribution < 1.29 is 38.7 Å². The lowest BCUT2D eigenvalue weighted by molar-refractivity contribution is -0.131. The van der Waals surface area contributed by atoms with Crippen LogP contribution in [0.1, 0.15) is 95.6 Å². The summed E-state index contributed by atoms with van der Waals surface area (Å²) in [5.74, 6) is 1.24. The van der Waals surface area contributed by atoms with Crippen LogP contribution in [0.15, 0.2) is 72.8 Å². The van der Waals surface area contributed by atoms with E-state index in [0.717, 1.165) is 22.6 Å². The highest BCUT2D eigenvalue weighted by Gasteiger charge is 2.24. The van der Waals surface area contributed by atoms with Crippen LogP contribution in [0, 0.1) is 12.8 Å². The van der Waals surface area contributed by atoms with Gasteiger partial charge in [0, 0.05) is 29.4 Å². The summed E-state index contributed by atoms with van der Waals surface area (Å²) in [5, 5.41) is 18.9. The first-order valence-electron chi connectivity index (χ1n) is 18.2. The number of carbonyl (C=O) groups is 2. The third-order valence-electron chi connectivity index (χ3n) is 9.36. The number of hydrogen-bond acceptors (Lipinski definition) is 8. The van der Waals surface area contributed by atoms with E-state index in [0.29, 0.717) is 41.4 Å². The average molecular weight is 699 g/mol. The molecule has 0 unspecified atom stereocenters. The van der Waals surface area contributed by atoms with Gasteiger partial charge in [-0.3, -0.25) is 0 Å². The maximum absolute atomic E-state index is 13.0. The van der Waals surface area contributed by atoms with Crippen LogP contribution in [0.3, 0.4) is 0 Å². The van der Waals surface area contributed by atoms with Crippen molar-refractivity contribution in [1.29, 1.82) is 0 Å². The quantitative estimate of drug-likeness (QED) is 0.0585. The highest BCUT2D eigenvalue weighted by atomic mass is 16.6. The van der Waals surface area contributed by atoms with Gasteiger partial charge in [0.05, 0.1) is 13.2 Å². The topological polar surface area (TPSA) is 112 Å². The van der Waals surface area contributed by atoms with Gasteiger partial charge in [0.15, 0.2) is 11.5 Å². The second-order valence-corrected chi connectivity index (χ2v) is 13.7. The van der Waals surface area contributed by atoms with E-state index in [1.807, 2.05) is 6.07 Å². The first kappa shape index (κ1) is 39.4. The fourth-order valence-electron chi connectivity index (χ4n) is 6.54. The van der Waals surface area contributed by atoms with Gasteiger partial charge in [-0.05, 0) is 123 Å². The van der Waals surface area contributed by atoms with Crippen molar-refractivity contribution in [2.24, 2.45) is 5.92 Å². The number of esters is 2. The molecule has 8 heteroatoms. The van der Waals surface area contributed by atoms with Gasteiger partial charge in [0.1, 0.15) is 18.1 Å². The van der Waals surface area contributed by atoms with Gasteiger partial charge in [0.2, 0.25) is 0 Å². The second-order valence-electron chi connectivity index (χ2n) is 13.7. The van der Waals surface area contributed by atoms with Gasteiger partial charge >= 0.3 is 11.9 Å². The zero-order chi connectivity index (χ0) is 36.9. The number of unbranched alkanes of at least 4 members (excludes halogenated alkanes) is 2. The van der Waals surface area contributed by atoms with Crippen LogP contribution in [0.4, 0.5) is 0 Å². The second kappa shape index (κ2) is 19.3. The summed E-state index contributed by atoms with van der Waals surface area (Å²) in [6.07, 6.45) is 9.94. The molecule has 1 aliphatic carbocycles. The molecular formula is C43H54O8. The number of ether oxygens (including phenoxy) is 4. The van der Waals surface area contributed by atoms with Crippen molar-refractivity contribution in [2.75, 3.05) is 26.4 Å². The molecule has 2 N–H and O–H groups in total. The molecule has 1 fully saturated rings. The lowest BCUT2D eigenvalue weighted by Crippen LogP contribution is -2.13. The first-order chi connectivity index (χ1) is 24.5. The van der Waals surface area contributed by atoms with Crippen molar-refractivity contribution in [3.8, 4) is 45.3 Å². The molecule has 8 nitrogen and oxygen atoms in total. The third-order valence-corrected chi connectivity index (χ3v) is 9.36. The van der Waals surface area contributed by atoms with Crippen molar-refractivity contribution >= 4 is 11.9 Å². The minimum atomic E-state index is -0.601. The van der Waals surface area contributed by atoms with Gasteiger partial charge in [0.25, 0.3) is 0 Å². The van der Waals surface area contributed by atoms with Crippen LogP contribution in [0.5, 0.6) is 23.0 Å². The number of carbonyl (C=O) groups excluding carboxylic acids is 2. The van der Waals surface area contributed by atoms with Gasteiger partial charge in [-0.1, -0.05) is 57.5 Å². The summed E-state index contributed by atoms with van der Waals surface area (Å²) in [6.45, 7) is 15.0. The Morgan fingerprint density at radius 3 is 2.08 bits per heavy atom. The van der Waals surface area contributed by atoms with E-state index in [1.54, 1.807) is 38.1 Å². The van der Waals surface area contributed by atoms with Gasteiger partial charge in [-0.2, -0.15) is 0 Å². The normalized spacial score (nSPS) is 15.6. The number of aliphatic hydroxyl groups excluding tert-OH is 2. The molecule has 4 rings (SSSR count). The van der Waals surface area contributed by atoms with E-state index in [-0.39, 0.29) is 49.1 Å². The predicted octanol–water partition coefficient (Wildman–Crippen LogP) is 9.28. The predicted molar refractivity (Wildman–Crippen MR) is 202 cm³/mol. The molecule has 274 valence electrons. The molecule has 0 aliphatic heterocycles. The Hall–Kier alpha value is -4.40. The van der Waals surface area contributed by atoms with Crippen LogP contribution in [0.25, 0.3) is 22.3 Å². The fourth-order valence-corrected chi connectivity index (χ4v) is 6.54. The van der Waals surface area contributed by atoms with E-state index in [1.165, 1.54) is 50.5 Å². The van der Waals surface area contributed by atoms with Crippen molar-refractivity contribution in [3.05, 3.63) is 84.0 Å². The van der Waals surface area contributed by atoms with Crippen molar-refractivity contribution in [1.82, 2.24) is 0 Å². The number of benzene rings is 3. The largest absolute Gasteiger partial charge is 0.491 e. The molecule has 3 aromatic rings. The Labute approximate surface area is 303 Å². The van der Waals surface area contributed by atoms with E-state index in [9.17, 15) is 19.8 Å². The van der Waals surface area contributed by atoms with E-state index in [4.69, 9.17) is 18.9 Å². The Balaban J connectivity index is 1.85. The van der Waals surface area contributed by atoms with Crippen LogP contribution >= 0.6 is 0 Å². The number of aryl methyl sites for hydroxylation is 1. The molecule has 0 amide bonds. The lowest BCUT2D eigenvalue weighted by atomic mass is 9.76. The van der Waals surface area contributed by atoms with Crippen LogP contribution in [-0.2, 0) is 9.59 Å². The summed E-state index contributed by atoms with van der Waals surface area (Å²) < 4.78 is 23.7. The number of hydrogen-bond donors (Lipinski definition) is 2. The standard InChI is InChI=1S/C43H54O8/c1-7-8-11-31-12-14-32(15-13-31)33-16-17-38(30(6)22-33)35-25-39(41(49-20-10-9-18-44)40(26-35)51-43(47)29(4)5)34-23-36(48-21-19-45)27-37(24-34)50-42(46)28(2)3/h16-17,22-27,31-32,44-45H,2,4,7-15,18-21H2,1,3,5-6H3. The minimum Gasteiger partial charge on any atom is -0.491 e. The highest BCUT2D eigenvalue weighted by molar-refractivity contribution is 5.92. The summed E-state index contributed by atoms with van der Waals surface area (Å²) in [5.41, 5.74) is 5.80. The summed E-state index contributed by atoms with van der Waals surface area (Å²) in [4.78, 5) is 25.6. The van der Waals surface area contributed by atoms with Gasteiger partial charge in [-0.15, -0.1) is 0 Å². The zero-order valence-electron chi connectivity index (χ0n) is 30.7. The minimum absolute atomic E-state index is 0.0178. The van der Waals surface area contributed by atoms with E-state index < -0.39 is 11.9 Å². The molecule has 1 saturated carbocycles. The molecule has 1 aliphatic rings. The molecule has 0 spiro atoms. The van der Waals surface area contributed by atoms with E-state index >= 15 is 0 Å². The van der Waals surface area contributed by atoms with Crippen LogP contribution < -0.4 is 18.9 Å². The highest BCUT2D eigenvalue weighted by Crippen LogP contribution is 2.46. The Kier molecular flexibility index (Phi) is 14.9. The maximum Gasteiger partial charge on any atom is 0.338 e. The molecular weight excluding hydrogens is 644 g/mol. The average Bonchev–Trinajstić information content (AvgIpc) is 3.11. The van der Waals surface area contributed by atoms with Gasteiger partial charge < -0.3 is 29.2 Å². The van der Waals surface area contributed by atoms with Crippen LogP contribution in [0.2, 0.25) is 0 Å². The number of rotatable bonds is 18. The molecule has 3 aromatic carbocycles. The fraction of sp³-hybridized carbons (Fsp3) is 0.442. The molecule has 0 bridgehead atoms. The van der Waals surface area contributed by atoms with E-state index in [2.05, 4.69) is 45.2 Å². The molecule has 0 atom stereocenters. The van der Waals surface area contributed by atoms with Crippen molar-refractivity contribution in [3.63, 3.8) is 0 Å². The van der Waals surface area contributed by atoms with Crippen molar-refractivity contribution in [2.45, 2.75) is 91.4 Å². The Bertz CT molecular complexity index is 1680. The SMILES string of the molecule is C=C(C)C(=O)Oc1cc(OCCO)cc(-c2cc(-c3ccc(C4CCC(CCCC)CC4)cc3C)cc(OC(=O)C(=C)C)c2OCCCCO)c1. The lowest BCUT2D eigenvalue weighted by Gasteiger charge is -2.29. The Morgan fingerprint density at radius 1 is 0.745 bits per heavy atom. The smallest absolute Gasteiger partial charge is 0.338 e. The zero-order valence-corrected chi connectivity index (χ0v) is 30.7. The molecule has 0 heterocycles. The van der Waals surface area contributed by atoms with Crippen LogP contribution in [-0.4, -0.2) is 48.6 Å². The maximum atomic E-state index is 13.0. The molecule has 0 radical (unpaired) electrons. The third kappa shape index (κ3) is 11.0. The monoisotopic (exact) mass is 698 g/mol. The summed E-state index contributed by atoms with van der Waals surface area (Å²) in [6, 6.07) is 15.4. The molecule has 0 aromatic heterocycles. The molecule has 51 heavy (non-hydrogen) atoms. The Morgan fingerprint density at radius 2 is 1.43 bits per heavy atom. The first-order valence-corrected chi connectivity index (χ1v) is 18.2. The molecule has 0 saturated heterocycles. The van der Waals surface area contributed by atoms with Gasteiger partial charge in [-0.25, -0.2) is 9.59 Å². The summed E-state index contributed by atoms with van der Waals surface area (Å²) in [7, 11) is 0.